The molecule has 0 spiro atoms. The van der Waals surface area contributed by atoms with Gasteiger partial charge in [0.2, 0.25) is 0 Å². The van der Waals surface area contributed by atoms with E-state index in [0.717, 1.165) is 10.8 Å². The number of azo groups is 1. The van der Waals surface area contributed by atoms with Gasteiger partial charge < -0.3 is 4.74 Å². The van der Waals surface area contributed by atoms with E-state index < -0.39 is 0 Å². The van der Waals surface area contributed by atoms with E-state index >= 15 is 0 Å². The first-order valence-corrected chi connectivity index (χ1v) is 4.55. The third-order valence-corrected chi connectivity index (χ3v) is 2.13. The molecule has 0 amide bonds. The minimum absolute atomic E-state index is 0. The van der Waals surface area contributed by atoms with Crippen molar-refractivity contribution in [3.8, 4) is 5.75 Å². The molecule has 0 heterocycles. The molecule has 0 aromatic heterocycles. The average Bonchev–Trinajstić information content (AvgIpc) is 2.30. The number of benzene rings is 2. The van der Waals surface area contributed by atoms with Crippen LogP contribution < -0.4 is 4.74 Å². The van der Waals surface area contributed by atoms with Gasteiger partial charge in [0.15, 0.2) is 0 Å². The van der Waals surface area contributed by atoms with Crippen LogP contribution in [0.4, 0.5) is 5.69 Å². The topological polar surface area (TPSA) is 34.0 Å². The van der Waals surface area contributed by atoms with Crippen molar-refractivity contribution in [1.29, 1.82) is 0 Å². The Bertz CT molecular complexity index is 518. The third-order valence-electron chi connectivity index (χ3n) is 2.13. The smallest absolute Gasteiger partial charge is 0.0744 e. The van der Waals surface area contributed by atoms with Crippen LogP contribution in [0, 0.1) is 12.1 Å². The summed E-state index contributed by atoms with van der Waals surface area (Å²) in [6.07, 6.45) is 0. The molecule has 0 fully saturated rings. The van der Waals surface area contributed by atoms with Crippen LogP contribution in [0.2, 0.25) is 0 Å². The molecule has 2 rings (SSSR count). The van der Waals surface area contributed by atoms with Crippen LogP contribution in [0.5, 0.6) is 5.75 Å². The molecule has 0 N–H and O–H groups in total. The number of fused-ring (bicyclic) bond motifs is 1. The van der Waals surface area contributed by atoms with Crippen LogP contribution in [-0.2, 0) is 98.1 Å². The molecule has 0 bridgehead atoms. The molecule has 3 radical (unpaired) electrons. The van der Waals surface area contributed by atoms with Crippen molar-refractivity contribution in [1.82, 2.24) is 0 Å². The Morgan fingerprint density at radius 1 is 1.17 bits per heavy atom. The number of nitrogens with zero attached hydrogens (tertiary/aromatic N) is 2. The van der Waals surface area contributed by atoms with Crippen molar-refractivity contribution in [2.24, 2.45) is 10.2 Å². The van der Waals surface area contributed by atoms with E-state index in [1.165, 1.54) is 0 Å². The predicted octanol–water partition coefficient (Wildman–Crippen LogP) is 3.15. The standard InChI is InChI=1S/C12H10N2O.3Y/c1-13-14-12-10-6-4-3-5-9(10)7-8-11(12)15-2;;;/h4-7H,1-2H3;;;/q-2;;;. The van der Waals surface area contributed by atoms with Gasteiger partial charge in [-0.1, -0.05) is 0 Å². The van der Waals surface area contributed by atoms with E-state index in [0.29, 0.717) is 11.4 Å². The Kier molecular flexibility index (Phi) is 13.4. The van der Waals surface area contributed by atoms with Crippen LogP contribution in [0.25, 0.3) is 10.8 Å². The fourth-order valence-electron chi connectivity index (χ4n) is 1.47. The Balaban J connectivity index is 0. The molecular formula is C12H10N2OY3-2. The van der Waals surface area contributed by atoms with Gasteiger partial charge in [-0.25, -0.2) is 10.2 Å². The SMILES string of the molecule is CN=Nc1c(OC)[c-]cc2c[c-]ccc12.[Y].[Y].[Y]. The van der Waals surface area contributed by atoms with Crippen LogP contribution in [0.15, 0.2) is 34.5 Å². The third kappa shape index (κ3) is 5.07. The van der Waals surface area contributed by atoms with Gasteiger partial charge in [-0.05, 0) is 0 Å². The predicted molar refractivity (Wildman–Crippen MR) is 58.6 cm³/mol. The summed E-state index contributed by atoms with van der Waals surface area (Å²) in [6.45, 7) is 0. The van der Waals surface area contributed by atoms with Gasteiger partial charge in [0, 0.05) is 117 Å². The summed E-state index contributed by atoms with van der Waals surface area (Å²) in [4.78, 5) is 0. The van der Waals surface area contributed by atoms with E-state index in [1.807, 2.05) is 24.3 Å². The first kappa shape index (κ1) is 21.7. The fourth-order valence-corrected chi connectivity index (χ4v) is 1.47. The van der Waals surface area contributed by atoms with Gasteiger partial charge in [0.25, 0.3) is 0 Å². The molecule has 0 aliphatic rings. The summed E-state index contributed by atoms with van der Waals surface area (Å²) in [7, 11) is 3.23. The second kappa shape index (κ2) is 11.1. The van der Waals surface area contributed by atoms with Gasteiger partial charge in [-0.2, -0.15) is 35.7 Å². The molecule has 18 heavy (non-hydrogen) atoms. The average molecular weight is 465 g/mol. The van der Waals surface area contributed by atoms with Gasteiger partial charge >= 0.3 is 0 Å². The van der Waals surface area contributed by atoms with E-state index in [9.17, 15) is 0 Å². The fraction of sp³-hybridized carbons (Fsp3) is 0.167. The molecule has 3 nitrogen and oxygen atoms in total. The summed E-state index contributed by atoms with van der Waals surface area (Å²) in [5, 5.41) is 9.86. The summed E-state index contributed by atoms with van der Waals surface area (Å²) >= 11 is 0. The minimum Gasteiger partial charge on any atom is -0.520 e. The van der Waals surface area contributed by atoms with E-state index in [1.54, 1.807) is 14.2 Å². The van der Waals surface area contributed by atoms with Crippen LogP contribution in [-0.4, -0.2) is 14.2 Å². The molecular weight excluding hydrogens is 455 g/mol. The molecule has 0 atom stereocenters. The zero-order valence-corrected chi connectivity index (χ0v) is 18.9. The molecule has 85 valence electrons. The number of hydrogen-bond acceptors (Lipinski definition) is 3. The van der Waals surface area contributed by atoms with Crippen molar-refractivity contribution >= 4 is 16.5 Å². The van der Waals surface area contributed by atoms with Crippen LogP contribution in [0.1, 0.15) is 0 Å². The van der Waals surface area contributed by atoms with Crippen molar-refractivity contribution < 1.29 is 103 Å². The van der Waals surface area contributed by atoms with E-state index in [4.69, 9.17) is 4.74 Å². The zero-order chi connectivity index (χ0) is 10.7. The second-order valence-electron chi connectivity index (χ2n) is 2.98. The van der Waals surface area contributed by atoms with Gasteiger partial charge in [-0.3, -0.25) is 0 Å². The Morgan fingerprint density at radius 2 is 1.89 bits per heavy atom. The van der Waals surface area contributed by atoms with Crippen molar-refractivity contribution in [2.45, 2.75) is 0 Å². The van der Waals surface area contributed by atoms with E-state index in [-0.39, 0.29) is 98.1 Å². The van der Waals surface area contributed by atoms with Gasteiger partial charge in [0.05, 0.1) is 7.11 Å². The number of methoxy groups -OCH3 is 1. The number of hydrogen-bond donors (Lipinski definition) is 0. The molecule has 2 aromatic carbocycles. The summed E-state index contributed by atoms with van der Waals surface area (Å²) in [5.41, 5.74) is 0.714. The molecule has 2 aromatic rings. The largest absolute Gasteiger partial charge is 0.520 e. The molecule has 6 heteroatoms. The van der Waals surface area contributed by atoms with Crippen LogP contribution in [0.3, 0.4) is 0 Å². The maximum absolute atomic E-state index is 5.19. The molecule has 0 saturated heterocycles. The zero-order valence-electron chi connectivity index (χ0n) is 10.3. The first-order chi connectivity index (χ1) is 7.36. The molecule has 0 saturated carbocycles. The minimum atomic E-state index is 0. The van der Waals surface area contributed by atoms with Crippen LogP contribution >= 0.6 is 0 Å². The summed E-state index contributed by atoms with van der Waals surface area (Å²) in [6, 6.07) is 13.6. The quantitative estimate of drug-likeness (QED) is 0.496. The number of rotatable bonds is 2. The summed E-state index contributed by atoms with van der Waals surface area (Å²) < 4.78 is 5.19. The first-order valence-electron chi connectivity index (χ1n) is 4.55. The molecule has 0 aliphatic heterocycles. The van der Waals surface area contributed by atoms with Gasteiger partial charge in [-0.15, -0.1) is 11.5 Å². The van der Waals surface area contributed by atoms with E-state index in [2.05, 4.69) is 22.4 Å². The van der Waals surface area contributed by atoms with Crippen molar-refractivity contribution in [3.63, 3.8) is 0 Å². The summed E-state index contributed by atoms with van der Waals surface area (Å²) in [5.74, 6) is 0.610. The van der Waals surface area contributed by atoms with Gasteiger partial charge in [0.1, 0.15) is 0 Å². The second-order valence-corrected chi connectivity index (χ2v) is 2.98. The van der Waals surface area contributed by atoms with Crippen molar-refractivity contribution in [3.05, 3.63) is 36.4 Å². The Morgan fingerprint density at radius 3 is 2.50 bits per heavy atom. The molecule has 0 unspecified atom stereocenters. The molecule has 0 aliphatic carbocycles. The van der Waals surface area contributed by atoms with Crippen molar-refractivity contribution in [2.75, 3.05) is 14.2 Å². The number of ether oxygens (including phenoxy) is 1. The maximum Gasteiger partial charge on any atom is 0.0744 e. The normalized spacial score (nSPS) is 9.22. The Hall–Kier alpha value is 1.41. The maximum atomic E-state index is 5.19. The Labute approximate surface area is 183 Å². The monoisotopic (exact) mass is 465 g/mol.